The average Bonchev–Trinajstić information content (AvgIpc) is 3.06. The van der Waals surface area contributed by atoms with Crippen LogP contribution in [0.3, 0.4) is 0 Å². The quantitative estimate of drug-likeness (QED) is 0.845. The molecule has 1 fully saturated rings. The minimum Gasteiger partial charge on any atom is -0.497 e. The van der Waals surface area contributed by atoms with Crippen molar-refractivity contribution in [2.45, 2.75) is 23.6 Å². The SMILES string of the molecule is CCS(=O)(=O)[C@@H]1[C@@H](c2ccc(OC)cc2)[C@@]1(N)COC. The van der Waals surface area contributed by atoms with Crippen LogP contribution in [0.25, 0.3) is 0 Å². The molecule has 20 heavy (non-hydrogen) atoms. The predicted octanol–water partition coefficient (Wildman–Crippen LogP) is 0.940. The molecule has 3 atom stereocenters. The smallest absolute Gasteiger partial charge is 0.155 e. The van der Waals surface area contributed by atoms with Crippen LogP contribution >= 0.6 is 0 Å². The second kappa shape index (κ2) is 5.35. The number of methoxy groups -OCH3 is 2. The second-order valence-electron chi connectivity index (χ2n) is 5.17. The molecule has 5 nitrogen and oxygen atoms in total. The number of ether oxygens (including phenoxy) is 2. The number of rotatable bonds is 6. The van der Waals surface area contributed by atoms with Crippen LogP contribution in [0.15, 0.2) is 24.3 Å². The number of nitrogens with two attached hydrogens (primary N) is 1. The maximum Gasteiger partial charge on any atom is 0.155 e. The molecule has 0 spiro atoms. The highest BCUT2D eigenvalue weighted by Crippen LogP contribution is 2.54. The standard InChI is InChI=1S/C14H21NO4S/c1-4-20(16,17)13-12(14(13,15)9-18-2)10-5-7-11(19-3)8-6-10/h5-8,12-13H,4,9,15H2,1-3H3/t12-,13-,14+/m1/s1. The molecule has 0 heterocycles. The van der Waals surface area contributed by atoms with E-state index >= 15 is 0 Å². The van der Waals surface area contributed by atoms with Crippen LogP contribution in [-0.4, -0.2) is 45.8 Å². The minimum atomic E-state index is -3.20. The lowest BCUT2D eigenvalue weighted by molar-refractivity contribution is 0.171. The van der Waals surface area contributed by atoms with Crippen LogP contribution in [0.2, 0.25) is 0 Å². The van der Waals surface area contributed by atoms with Crippen LogP contribution in [-0.2, 0) is 14.6 Å². The van der Waals surface area contributed by atoms with Crippen molar-refractivity contribution in [1.29, 1.82) is 0 Å². The zero-order valence-corrected chi connectivity index (χ0v) is 12.8. The van der Waals surface area contributed by atoms with Gasteiger partial charge in [0.05, 0.1) is 24.5 Å². The number of hydrogen-bond acceptors (Lipinski definition) is 5. The van der Waals surface area contributed by atoms with E-state index < -0.39 is 20.6 Å². The van der Waals surface area contributed by atoms with Crippen LogP contribution < -0.4 is 10.5 Å². The van der Waals surface area contributed by atoms with Gasteiger partial charge in [-0.2, -0.15) is 0 Å². The topological polar surface area (TPSA) is 78.6 Å². The maximum atomic E-state index is 12.2. The summed E-state index contributed by atoms with van der Waals surface area (Å²) in [4.78, 5) is 0. The van der Waals surface area contributed by atoms with Gasteiger partial charge in [-0.15, -0.1) is 0 Å². The van der Waals surface area contributed by atoms with E-state index in [4.69, 9.17) is 15.2 Å². The fourth-order valence-corrected chi connectivity index (χ4v) is 4.85. The van der Waals surface area contributed by atoms with Gasteiger partial charge in [-0.3, -0.25) is 0 Å². The monoisotopic (exact) mass is 299 g/mol. The van der Waals surface area contributed by atoms with E-state index in [0.29, 0.717) is 0 Å². The molecule has 0 amide bonds. The van der Waals surface area contributed by atoms with Gasteiger partial charge >= 0.3 is 0 Å². The van der Waals surface area contributed by atoms with E-state index in [1.54, 1.807) is 14.0 Å². The number of sulfone groups is 1. The van der Waals surface area contributed by atoms with Crippen molar-refractivity contribution in [1.82, 2.24) is 0 Å². The van der Waals surface area contributed by atoms with Gasteiger partial charge < -0.3 is 15.2 Å². The molecule has 112 valence electrons. The molecule has 1 aliphatic carbocycles. The molecular weight excluding hydrogens is 278 g/mol. The molecule has 0 saturated heterocycles. The summed E-state index contributed by atoms with van der Waals surface area (Å²) in [6, 6.07) is 7.37. The van der Waals surface area contributed by atoms with E-state index in [2.05, 4.69) is 0 Å². The van der Waals surface area contributed by atoms with Crippen LogP contribution in [0.4, 0.5) is 0 Å². The Morgan fingerprint density at radius 1 is 1.25 bits per heavy atom. The highest BCUT2D eigenvalue weighted by molar-refractivity contribution is 7.92. The molecule has 0 unspecified atom stereocenters. The fourth-order valence-electron chi connectivity index (χ4n) is 2.86. The van der Waals surface area contributed by atoms with Gasteiger partial charge in [0.1, 0.15) is 5.75 Å². The summed E-state index contributed by atoms with van der Waals surface area (Å²) in [7, 11) is -0.0768. The lowest BCUT2D eigenvalue weighted by Gasteiger charge is -2.10. The van der Waals surface area contributed by atoms with Crippen molar-refractivity contribution in [2.75, 3.05) is 26.6 Å². The Hall–Kier alpha value is -1.11. The van der Waals surface area contributed by atoms with E-state index in [9.17, 15) is 8.42 Å². The van der Waals surface area contributed by atoms with Crippen molar-refractivity contribution < 1.29 is 17.9 Å². The van der Waals surface area contributed by atoms with Crippen LogP contribution in [0, 0.1) is 0 Å². The van der Waals surface area contributed by atoms with Gasteiger partial charge in [0.25, 0.3) is 0 Å². The van der Waals surface area contributed by atoms with Crippen molar-refractivity contribution in [3.8, 4) is 5.75 Å². The summed E-state index contributed by atoms with van der Waals surface area (Å²) in [5, 5.41) is -0.576. The van der Waals surface area contributed by atoms with E-state index in [-0.39, 0.29) is 18.3 Å². The Morgan fingerprint density at radius 2 is 1.85 bits per heavy atom. The predicted molar refractivity (Wildman–Crippen MR) is 77.8 cm³/mol. The molecular formula is C14H21NO4S. The molecule has 2 N–H and O–H groups in total. The zero-order chi connectivity index (χ0) is 15.0. The van der Waals surface area contributed by atoms with Crippen molar-refractivity contribution >= 4 is 9.84 Å². The molecule has 0 radical (unpaired) electrons. The van der Waals surface area contributed by atoms with Gasteiger partial charge in [0, 0.05) is 18.8 Å². The lowest BCUT2D eigenvalue weighted by Crippen LogP contribution is -2.36. The largest absolute Gasteiger partial charge is 0.497 e. The van der Waals surface area contributed by atoms with E-state index in [1.165, 1.54) is 7.11 Å². The van der Waals surface area contributed by atoms with Gasteiger partial charge in [0.2, 0.25) is 0 Å². The van der Waals surface area contributed by atoms with E-state index in [1.807, 2.05) is 24.3 Å². The molecule has 6 heteroatoms. The number of hydrogen-bond donors (Lipinski definition) is 1. The summed E-state index contributed by atoms with van der Waals surface area (Å²) >= 11 is 0. The molecule has 0 bridgehead atoms. The van der Waals surface area contributed by atoms with Crippen molar-refractivity contribution in [2.24, 2.45) is 5.73 Å². The first-order chi connectivity index (χ1) is 9.40. The van der Waals surface area contributed by atoms with Crippen molar-refractivity contribution in [3.63, 3.8) is 0 Å². The molecule has 1 aromatic rings. The molecule has 0 aliphatic heterocycles. The summed E-state index contributed by atoms with van der Waals surface area (Å²) in [6.45, 7) is 1.87. The lowest BCUT2D eigenvalue weighted by atomic mass is 10.1. The average molecular weight is 299 g/mol. The Kier molecular flexibility index (Phi) is 4.09. The summed E-state index contributed by atoms with van der Waals surface area (Å²) in [6.07, 6.45) is 0. The first-order valence-corrected chi connectivity index (χ1v) is 8.25. The van der Waals surface area contributed by atoms with Crippen LogP contribution in [0.1, 0.15) is 18.4 Å². The fraction of sp³-hybridized carbons (Fsp3) is 0.571. The second-order valence-corrected chi connectivity index (χ2v) is 7.58. The zero-order valence-electron chi connectivity index (χ0n) is 12.0. The van der Waals surface area contributed by atoms with Gasteiger partial charge in [-0.05, 0) is 17.7 Å². The molecule has 1 saturated carbocycles. The highest BCUT2D eigenvalue weighted by atomic mass is 32.2. The van der Waals surface area contributed by atoms with Gasteiger partial charge in [0.15, 0.2) is 9.84 Å². The number of benzene rings is 1. The normalized spacial score (nSPS) is 29.2. The first kappa shape index (κ1) is 15.3. The molecule has 1 aliphatic rings. The maximum absolute atomic E-state index is 12.2. The third-order valence-corrected chi connectivity index (χ3v) is 6.25. The van der Waals surface area contributed by atoms with Crippen LogP contribution in [0.5, 0.6) is 5.75 Å². The Balaban J connectivity index is 2.33. The summed E-state index contributed by atoms with van der Waals surface area (Å²) in [5.74, 6) is 0.601. The van der Waals surface area contributed by atoms with Gasteiger partial charge in [-0.1, -0.05) is 19.1 Å². The molecule has 0 aromatic heterocycles. The summed E-state index contributed by atoms with van der Waals surface area (Å²) < 4.78 is 34.6. The highest BCUT2D eigenvalue weighted by Gasteiger charge is 2.68. The third kappa shape index (κ3) is 2.43. The Bertz CT molecular complexity index is 569. The van der Waals surface area contributed by atoms with E-state index in [0.717, 1.165) is 11.3 Å². The Labute approximate surface area is 120 Å². The van der Waals surface area contributed by atoms with Gasteiger partial charge in [-0.25, -0.2) is 8.42 Å². The molecule has 1 aromatic carbocycles. The Morgan fingerprint density at radius 3 is 2.30 bits per heavy atom. The summed E-state index contributed by atoms with van der Waals surface area (Å²) in [5.41, 5.74) is 6.35. The molecule has 2 rings (SSSR count). The third-order valence-electron chi connectivity index (χ3n) is 3.96. The minimum absolute atomic E-state index is 0.0903. The van der Waals surface area contributed by atoms with Crippen molar-refractivity contribution in [3.05, 3.63) is 29.8 Å². The first-order valence-electron chi connectivity index (χ1n) is 6.54.